The number of aromatic nitrogens is 1. The molecule has 0 aliphatic rings. The third kappa shape index (κ3) is 5.12. The highest BCUT2D eigenvalue weighted by molar-refractivity contribution is 5.99. The predicted molar refractivity (Wildman–Crippen MR) is 118 cm³/mol. The Morgan fingerprint density at radius 2 is 1.71 bits per heavy atom. The summed E-state index contributed by atoms with van der Waals surface area (Å²) in [6.07, 6.45) is 4.53. The van der Waals surface area contributed by atoms with Gasteiger partial charge < -0.3 is 19.2 Å². The summed E-state index contributed by atoms with van der Waals surface area (Å²) in [5.41, 5.74) is 0.242. The van der Waals surface area contributed by atoms with E-state index >= 15 is 0 Å². The van der Waals surface area contributed by atoms with Gasteiger partial charge in [0.25, 0.3) is 11.8 Å². The van der Waals surface area contributed by atoms with E-state index in [2.05, 4.69) is 5.32 Å². The molecule has 0 saturated heterocycles. The van der Waals surface area contributed by atoms with Gasteiger partial charge in [-0.1, -0.05) is 30.3 Å². The largest absolute Gasteiger partial charge is 0.467 e. The topological polar surface area (TPSA) is 84.5 Å². The monoisotopic (exact) mass is 421 g/mol. The molecule has 7 nitrogen and oxygen atoms in total. The summed E-state index contributed by atoms with van der Waals surface area (Å²) in [5, 5.41) is 2.77. The summed E-state index contributed by atoms with van der Waals surface area (Å²) in [4.78, 5) is 40.6. The summed E-state index contributed by atoms with van der Waals surface area (Å²) >= 11 is 0. The molecule has 0 radical (unpaired) electrons. The number of nitrogens with one attached hydrogen (secondary N) is 1. The number of hydrogen-bond acceptors (Lipinski definition) is 4. The Labute approximate surface area is 181 Å². The summed E-state index contributed by atoms with van der Waals surface area (Å²) in [6.45, 7) is 5.95. The molecule has 1 N–H and O–H groups in total. The van der Waals surface area contributed by atoms with Crippen LogP contribution in [0.3, 0.4) is 0 Å². The van der Waals surface area contributed by atoms with E-state index in [4.69, 9.17) is 4.42 Å². The van der Waals surface area contributed by atoms with Crippen molar-refractivity contribution in [2.24, 2.45) is 0 Å². The number of hydrogen-bond donors (Lipinski definition) is 1. The zero-order valence-corrected chi connectivity index (χ0v) is 18.2. The number of carbonyl (C=O) groups is 2. The van der Waals surface area contributed by atoms with E-state index in [1.54, 1.807) is 30.7 Å². The lowest BCUT2D eigenvalue weighted by atomic mass is 10.1. The van der Waals surface area contributed by atoms with Crippen LogP contribution >= 0.6 is 0 Å². The van der Waals surface area contributed by atoms with E-state index in [0.29, 0.717) is 12.3 Å². The van der Waals surface area contributed by atoms with Crippen LogP contribution in [0.25, 0.3) is 0 Å². The third-order valence-corrected chi connectivity index (χ3v) is 5.04. The molecule has 162 valence electrons. The number of pyridine rings is 1. The molecule has 31 heavy (non-hydrogen) atoms. The number of rotatable bonds is 7. The van der Waals surface area contributed by atoms with Gasteiger partial charge >= 0.3 is 0 Å². The first-order valence-corrected chi connectivity index (χ1v) is 10.2. The van der Waals surface area contributed by atoms with E-state index < -0.39 is 23.3 Å². The quantitative estimate of drug-likeness (QED) is 0.629. The molecule has 7 heteroatoms. The first kappa shape index (κ1) is 22.1. The van der Waals surface area contributed by atoms with Gasteiger partial charge in [-0.25, -0.2) is 0 Å². The standard InChI is InChI=1S/C24H27N3O4/c1-16(2)27-14-19(23(29)25-17(3)21-11-8-12-31-21)22(28)20(15-27)24(30)26(4)13-18-9-6-5-7-10-18/h5-12,14-17H,13H2,1-4H3,(H,25,29)/t17-/m0/s1. The molecule has 1 aromatic carbocycles. The molecular formula is C24H27N3O4. The average molecular weight is 421 g/mol. The van der Waals surface area contributed by atoms with Crippen molar-refractivity contribution in [1.82, 2.24) is 14.8 Å². The predicted octanol–water partition coefficient (Wildman–Crippen LogP) is 3.79. The van der Waals surface area contributed by atoms with Crippen molar-refractivity contribution >= 4 is 11.8 Å². The van der Waals surface area contributed by atoms with E-state index in [-0.39, 0.29) is 17.2 Å². The molecule has 2 heterocycles. The Kier molecular flexibility index (Phi) is 6.74. The molecule has 0 fully saturated rings. The van der Waals surface area contributed by atoms with Crippen molar-refractivity contribution in [3.05, 3.63) is 93.8 Å². The van der Waals surface area contributed by atoms with Gasteiger partial charge in [0, 0.05) is 32.0 Å². The normalized spacial score (nSPS) is 11.9. The fraction of sp³-hybridized carbons (Fsp3) is 0.292. The lowest BCUT2D eigenvalue weighted by molar-refractivity contribution is 0.0782. The van der Waals surface area contributed by atoms with Crippen molar-refractivity contribution in [2.45, 2.75) is 39.4 Å². The Balaban J connectivity index is 1.91. The maximum Gasteiger partial charge on any atom is 0.259 e. The smallest absolute Gasteiger partial charge is 0.259 e. The number of amides is 2. The van der Waals surface area contributed by atoms with Crippen LogP contribution in [0.4, 0.5) is 0 Å². The van der Waals surface area contributed by atoms with Gasteiger partial charge in [-0.2, -0.15) is 0 Å². The zero-order valence-electron chi connectivity index (χ0n) is 18.2. The van der Waals surface area contributed by atoms with Gasteiger partial charge in [0.15, 0.2) is 0 Å². The average Bonchev–Trinajstić information content (AvgIpc) is 3.29. The number of nitrogens with zero attached hydrogens (tertiary/aromatic N) is 2. The maximum absolute atomic E-state index is 13.1. The third-order valence-electron chi connectivity index (χ3n) is 5.04. The Bertz CT molecular complexity index is 1100. The van der Waals surface area contributed by atoms with Gasteiger partial charge in [-0.15, -0.1) is 0 Å². The van der Waals surface area contributed by atoms with Crippen molar-refractivity contribution in [1.29, 1.82) is 0 Å². The minimum absolute atomic E-state index is 0.0366. The van der Waals surface area contributed by atoms with Crippen LogP contribution in [0, 0.1) is 0 Å². The van der Waals surface area contributed by atoms with E-state index in [1.165, 1.54) is 23.6 Å². The van der Waals surface area contributed by atoms with Crippen molar-refractivity contribution in [3.8, 4) is 0 Å². The fourth-order valence-electron chi connectivity index (χ4n) is 3.23. The molecule has 3 aromatic rings. The molecule has 3 rings (SSSR count). The molecule has 0 unspecified atom stereocenters. The van der Waals surface area contributed by atoms with Gasteiger partial charge in [0.1, 0.15) is 16.9 Å². The first-order valence-electron chi connectivity index (χ1n) is 10.2. The second-order valence-corrected chi connectivity index (χ2v) is 7.81. The van der Waals surface area contributed by atoms with Crippen molar-refractivity contribution in [2.75, 3.05) is 7.05 Å². The number of carbonyl (C=O) groups excluding carboxylic acids is 2. The zero-order chi connectivity index (χ0) is 22.5. The number of benzene rings is 1. The molecular weight excluding hydrogens is 394 g/mol. The molecule has 0 aliphatic carbocycles. The first-order chi connectivity index (χ1) is 14.8. The fourth-order valence-corrected chi connectivity index (χ4v) is 3.23. The Morgan fingerprint density at radius 1 is 1.03 bits per heavy atom. The highest BCUT2D eigenvalue weighted by Crippen LogP contribution is 2.14. The maximum atomic E-state index is 13.1. The molecule has 1 atom stereocenters. The summed E-state index contributed by atoms with van der Waals surface area (Å²) in [6, 6.07) is 12.5. The van der Waals surface area contributed by atoms with Gasteiger partial charge in [-0.05, 0) is 38.5 Å². The van der Waals surface area contributed by atoms with Crippen LogP contribution in [0.15, 0.2) is 70.3 Å². The Morgan fingerprint density at radius 3 is 2.32 bits per heavy atom. The summed E-state index contributed by atoms with van der Waals surface area (Å²) in [5.74, 6) is -0.409. The lowest BCUT2D eigenvalue weighted by Gasteiger charge is -2.20. The molecule has 2 amide bonds. The Hall–Kier alpha value is -3.61. The summed E-state index contributed by atoms with van der Waals surface area (Å²) in [7, 11) is 1.64. The molecule has 0 saturated carbocycles. The van der Waals surface area contributed by atoms with E-state index in [1.807, 2.05) is 44.2 Å². The lowest BCUT2D eigenvalue weighted by Crippen LogP contribution is -2.37. The molecule has 2 aromatic heterocycles. The second kappa shape index (κ2) is 9.47. The van der Waals surface area contributed by atoms with Crippen LogP contribution in [0.2, 0.25) is 0 Å². The summed E-state index contributed by atoms with van der Waals surface area (Å²) < 4.78 is 7.02. The van der Waals surface area contributed by atoms with Crippen LogP contribution in [-0.4, -0.2) is 28.3 Å². The van der Waals surface area contributed by atoms with E-state index in [9.17, 15) is 14.4 Å². The SMILES string of the molecule is CC(C)n1cc(C(=O)N[C@@H](C)c2ccco2)c(=O)c(C(=O)N(C)Cc2ccccc2)c1. The van der Waals surface area contributed by atoms with Crippen molar-refractivity contribution < 1.29 is 14.0 Å². The molecule has 0 spiro atoms. The number of furan rings is 1. The highest BCUT2D eigenvalue weighted by atomic mass is 16.3. The second-order valence-electron chi connectivity index (χ2n) is 7.81. The minimum Gasteiger partial charge on any atom is -0.467 e. The molecule has 0 bridgehead atoms. The van der Waals surface area contributed by atoms with Gasteiger partial charge in [0.05, 0.1) is 12.3 Å². The van der Waals surface area contributed by atoms with Crippen LogP contribution in [0.5, 0.6) is 0 Å². The van der Waals surface area contributed by atoms with Gasteiger partial charge in [0.2, 0.25) is 5.43 Å². The van der Waals surface area contributed by atoms with Crippen LogP contribution in [0.1, 0.15) is 64.9 Å². The van der Waals surface area contributed by atoms with Crippen molar-refractivity contribution in [3.63, 3.8) is 0 Å². The van der Waals surface area contributed by atoms with E-state index in [0.717, 1.165) is 5.56 Å². The van der Waals surface area contributed by atoms with Crippen LogP contribution < -0.4 is 10.7 Å². The van der Waals surface area contributed by atoms with Gasteiger partial charge in [-0.3, -0.25) is 14.4 Å². The molecule has 0 aliphatic heterocycles. The highest BCUT2D eigenvalue weighted by Gasteiger charge is 2.23. The van der Waals surface area contributed by atoms with Crippen LogP contribution in [-0.2, 0) is 6.54 Å². The minimum atomic E-state index is -0.592.